The maximum Gasteiger partial charge on any atom is 0.258 e. The SMILES string of the molecule is NC(=O)c1cc2c(s1)-c1c(F)ccc(F)c1SC2. The molecule has 2 aromatic rings. The minimum Gasteiger partial charge on any atom is -0.365 e. The van der Waals surface area contributed by atoms with E-state index in [1.165, 1.54) is 11.8 Å². The van der Waals surface area contributed by atoms with Crippen LogP contribution in [0.5, 0.6) is 0 Å². The maximum absolute atomic E-state index is 13.9. The number of hydrogen-bond acceptors (Lipinski definition) is 3. The summed E-state index contributed by atoms with van der Waals surface area (Å²) in [6.07, 6.45) is 0. The van der Waals surface area contributed by atoms with Gasteiger partial charge in [-0.3, -0.25) is 4.79 Å². The van der Waals surface area contributed by atoms with Crippen LogP contribution in [0.3, 0.4) is 0 Å². The van der Waals surface area contributed by atoms with E-state index >= 15 is 0 Å². The Balaban J connectivity index is 2.28. The Kier molecular flexibility index (Phi) is 2.64. The number of fused-ring (bicyclic) bond motifs is 3. The molecule has 0 saturated heterocycles. The highest BCUT2D eigenvalue weighted by molar-refractivity contribution is 7.98. The molecule has 1 aromatic heterocycles. The third-order valence-corrected chi connectivity index (χ3v) is 5.06. The Morgan fingerprint density at radius 1 is 1.28 bits per heavy atom. The fourth-order valence-electron chi connectivity index (χ4n) is 1.90. The van der Waals surface area contributed by atoms with Crippen LogP contribution in [-0.2, 0) is 5.75 Å². The first-order valence-corrected chi connectivity index (χ1v) is 6.92. The molecule has 92 valence electrons. The van der Waals surface area contributed by atoms with Crippen molar-refractivity contribution in [2.75, 3.05) is 0 Å². The molecule has 0 unspecified atom stereocenters. The Morgan fingerprint density at radius 2 is 2.00 bits per heavy atom. The number of carbonyl (C=O) groups is 1. The summed E-state index contributed by atoms with van der Waals surface area (Å²) in [4.78, 5) is 12.4. The molecule has 1 amide bonds. The van der Waals surface area contributed by atoms with Gasteiger partial charge in [0, 0.05) is 16.2 Å². The summed E-state index contributed by atoms with van der Waals surface area (Å²) in [5, 5.41) is 0. The van der Waals surface area contributed by atoms with Gasteiger partial charge in [0.2, 0.25) is 0 Å². The molecule has 1 aliphatic rings. The number of carbonyl (C=O) groups excluding carboxylic acids is 1. The largest absolute Gasteiger partial charge is 0.365 e. The Morgan fingerprint density at radius 3 is 2.72 bits per heavy atom. The van der Waals surface area contributed by atoms with Gasteiger partial charge in [0.05, 0.1) is 9.77 Å². The van der Waals surface area contributed by atoms with E-state index in [0.717, 1.165) is 29.0 Å². The summed E-state index contributed by atoms with van der Waals surface area (Å²) < 4.78 is 27.5. The van der Waals surface area contributed by atoms with Crippen LogP contribution in [0.2, 0.25) is 0 Å². The lowest BCUT2D eigenvalue weighted by Gasteiger charge is -2.16. The zero-order chi connectivity index (χ0) is 12.9. The molecule has 1 aliphatic heterocycles. The van der Waals surface area contributed by atoms with E-state index in [-0.39, 0.29) is 5.56 Å². The number of hydrogen-bond donors (Lipinski definition) is 1. The molecule has 2 heterocycles. The van der Waals surface area contributed by atoms with Crippen LogP contribution in [0, 0.1) is 11.6 Å². The summed E-state index contributed by atoms with van der Waals surface area (Å²) >= 11 is 2.35. The molecular formula is C12H7F2NOS2. The van der Waals surface area contributed by atoms with Crippen molar-refractivity contribution >= 4 is 29.0 Å². The normalized spacial score (nSPS) is 13.0. The van der Waals surface area contributed by atoms with Crippen LogP contribution in [0.15, 0.2) is 23.1 Å². The summed E-state index contributed by atoms with van der Waals surface area (Å²) in [5.41, 5.74) is 6.29. The number of benzene rings is 1. The van der Waals surface area contributed by atoms with Crippen molar-refractivity contribution in [3.05, 3.63) is 40.3 Å². The van der Waals surface area contributed by atoms with Crippen molar-refractivity contribution in [3.8, 4) is 10.4 Å². The molecule has 0 bridgehead atoms. The lowest BCUT2D eigenvalue weighted by molar-refractivity contribution is 0.100. The number of halogens is 2. The summed E-state index contributed by atoms with van der Waals surface area (Å²) in [6.45, 7) is 0. The second-order valence-electron chi connectivity index (χ2n) is 3.85. The van der Waals surface area contributed by atoms with Crippen LogP contribution < -0.4 is 5.73 Å². The van der Waals surface area contributed by atoms with Crippen LogP contribution in [0.4, 0.5) is 8.78 Å². The number of nitrogens with two attached hydrogens (primary N) is 1. The second-order valence-corrected chi connectivity index (χ2v) is 5.89. The first kappa shape index (κ1) is 11.7. The van der Waals surface area contributed by atoms with Crippen molar-refractivity contribution in [2.24, 2.45) is 5.73 Å². The Labute approximate surface area is 110 Å². The smallest absolute Gasteiger partial charge is 0.258 e. The standard InChI is InChI=1S/C12H7F2NOS2/c13-6-1-2-7(14)11-9(6)10-5(4-17-11)3-8(18-10)12(15)16/h1-3H,4H2,(H2,15,16). The van der Waals surface area contributed by atoms with Gasteiger partial charge < -0.3 is 5.73 Å². The van der Waals surface area contributed by atoms with Crippen molar-refractivity contribution in [3.63, 3.8) is 0 Å². The van der Waals surface area contributed by atoms with Gasteiger partial charge in [0.15, 0.2) is 0 Å². The second kappa shape index (κ2) is 4.07. The van der Waals surface area contributed by atoms with E-state index in [0.29, 0.717) is 20.4 Å². The highest BCUT2D eigenvalue weighted by Crippen LogP contribution is 2.47. The van der Waals surface area contributed by atoms with Crippen molar-refractivity contribution in [2.45, 2.75) is 10.6 Å². The molecule has 0 aliphatic carbocycles. The fourth-order valence-corrected chi connectivity index (χ4v) is 4.22. The van der Waals surface area contributed by atoms with Gasteiger partial charge >= 0.3 is 0 Å². The van der Waals surface area contributed by atoms with Gasteiger partial charge in [-0.15, -0.1) is 23.1 Å². The van der Waals surface area contributed by atoms with Gasteiger partial charge in [-0.2, -0.15) is 0 Å². The molecular weight excluding hydrogens is 276 g/mol. The monoisotopic (exact) mass is 283 g/mol. The van der Waals surface area contributed by atoms with Gasteiger partial charge in [-0.1, -0.05) is 0 Å². The van der Waals surface area contributed by atoms with Crippen molar-refractivity contribution < 1.29 is 13.6 Å². The van der Waals surface area contributed by atoms with Crippen molar-refractivity contribution in [1.29, 1.82) is 0 Å². The topological polar surface area (TPSA) is 43.1 Å². The number of thioether (sulfide) groups is 1. The molecule has 0 radical (unpaired) electrons. The van der Waals surface area contributed by atoms with Crippen LogP contribution >= 0.6 is 23.1 Å². The molecule has 0 fully saturated rings. The average molecular weight is 283 g/mol. The minimum absolute atomic E-state index is 0.249. The quantitative estimate of drug-likeness (QED) is 0.871. The van der Waals surface area contributed by atoms with Gasteiger partial charge in [-0.05, 0) is 23.8 Å². The number of primary amides is 1. The number of thiophene rings is 1. The highest BCUT2D eigenvalue weighted by atomic mass is 32.2. The summed E-state index contributed by atoms with van der Waals surface area (Å²) in [6, 6.07) is 3.88. The molecule has 3 rings (SSSR count). The van der Waals surface area contributed by atoms with Crippen LogP contribution in [0.1, 0.15) is 15.2 Å². The summed E-state index contributed by atoms with van der Waals surface area (Å²) in [5.74, 6) is -0.932. The first-order valence-electron chi connectivity index (χ1n) is 5.11. The van der Waals surface area contributed by atoms with Crippen LogP contribution in [-0.4, -0.2) is 5.91 Å². The predicted octanol–water partition coefficient (Wildman–Crippen LogP) is 3.40. The number of amides is 1. The molecule has 2 nitrogen and oxygen atoms in total. The Bertz CT molecular complexity index is 666. The third kappa shape index (κ3) is 1.64. The minimum atomic E-state index is -0.544. The molecule has 0 atom stereocenters. The van der Waals surface area contributed by atoms with Gasteiger partial charge in [0.25, 0.3) is 5.91 Å². The zero-order valence-electron chi connectivity index (χ0n) is 9.00. The lowest BCUT2D eigenvalue weighted by Crippen LogP contribution is -2.08. The van der Waals surface area contributed by atoms with E-state index in [1.807, 2.05) is 0 Å². The zero-order valence-corrected chi connectivity index (χ0v) is 10.6. The van der Waals surface area contributed by atoms with Gasteiger partial charge in [-0.25, -0.2) is 8.78 Å². The Hall–Kier alpha value is -1.40. The molecule has 0 saturated carbocycles. The fraction of sp³-hybridized carbons (Fsp3) is 0.0833. The average Bonchev–Trinajstić information content (AvgIpc) is 2.77. The van der Waals surface area contributed by atoms with Gasteiger partial charge in [0.1, 0.15) is 11.6 Å². The maximum atomic E-state index is 13.9. The number of rotatable bonds is 1. The molecule has 18 heavy (non-hydrogen) atoms. The molecule has 2 N–H and O–H groups in total. The van der Waals surface area contributed by atoms with E-state index in [1.54, 1.807) is 6.07 Å². The van der Waals surface area contributed by atoms with E-state index in [2.05, 4.69) is 0 Å². The van der Waals surface area contributed by atoms with E-state index in [9.17, 15) is 13.6 Å². The van der Waals surface area contributed by atoms with Crippen molar-refractivity contribution in [1.82, 2.24) is 0 Å². The first-order chi connectivity index (χ1) is 8.58. The van der Waals surface area contributed by atoms with Crippen LogP contribution in [0.25, 0.3) is 10.4 Å². The van der Waals surface area contributed by atoms with E-state index in [4.69, 9.17) is 5.73 Å². The third-order valence-electron chi connectivity index (χ3n) is 2.71. The highest BCUT2D eigenvalue weighted by Gasteiger charge is 2.26. The van der Waals surface area contributed by atoms with E-state index < -0.39 is 17.5 Å². The molecule has 6 heteroatoms. The summed E-state index contributed by atoms with van der Waals surface area (Å²) in [7, 11) is 0. The lowest BCUT2D eigenvalue weighted by atomic mass is 10.1. The molecule has 0 spiro atoms. The predicted molar refractivity (Wildman–Crippen MR) is 67.7 cm³/mol. The molecule has 1 aromatic carbocycles.